The van der Waals surface area contributed by atoms with Gasteiger partial charge in [0.2, 0.25) is 0 Å². The summed E-state index contributed by atoms with van der Waals surface area (Å²) in [4.78, 5) is 81.1. The summed E-state index contributed by atoms with van der Waals surface area (Å²) >= 11 is 10.7. The molecule has 0 spiro atoms. The summed E-state index contributed by atoms with van der Waals surface area (Å²) in [6, 6.07) is 0. The van der Waals surface area contributed by atoms with Gasteiger partial charge in [-0.05, 0) is 140 Å². The van der Waals surface area contributed by atoms with Crippen molar-refractivity contribution < 1.29 is 64.9 Å². The molecule has 2 unspecified atom stereocenters. The molecule has 0 aliphatic carbocycles. The molecule has 0 aliphatic rings. The minimum Gasteiger partial charge on any atom is -0.330 e. The standard InChI is InChI=1S/C17H36NOS.C16H34NOS.2C15H32NOS.C14H30NOS.C12H26NOS.C9H20NOS/c1-5-9-10-11-12-17(19)20-16-15-18(8-4,13-6-2)14-7-3;1-5-9-11-16(18)19-15-14-17(8-4,12-7-3)13-10-6-2;1-6-9-11-16(8-3,10-7-2)12-13-18-15(17)14(4)5;1-5-9-10-11-12-15(17)18-14-13-16(6-2,7-3)8-4;1-6-9-15(8-3,10-7-2)11-12-17-14(16)13(4)5;1-6-13(7-2,8-3)9-10-15-12(14)11(4)5;1-8(2)9(11)12-7-6-10(3,4)5/h5-16H2,1-4H3;5-15H2,1-4H3;14H,6-13H2,1-5H3;5-14H2,1-4H3;13H,6-12H2,1-5H3;11H,6-10H2,1-5H3;8H,6-7H2,1-5H3/q7*+1. The van der Waals surface area contributed by atoms with E-state index in [-0.39, 0.29) is 23.7 Å². The van der Waals surface area contributed by atoms with E-state index in [1.54, 1.807) is 35.3 Å². The second-order valence-electron chi connectivity index (χ2n) is 35.7. The molecule has 119 heavy (non-hydrogen) atoms. The van der Waals surface area contributed by atoms with E-state index in [0.717, 1.165) is 144 Å². The number of unbranched alkanes of at least 4 members (excludes halogenated alkanes) is 9. The van der Waals surface area contributed by atoms with Gasteiger partial charge in [0.25, 0.3) is 0 Å². The maximum Gasteiger partial charge on any atom is 0.191 e. The molecule has 0 fully saturated rings. The largest absolute Gasteiger partial charge is 0.330 e. The first-order chi connectivity index (χ1) is 56.3. The Labute approximate surface area is 774 Å². The Kier molecular flexibility index (Phi) is 95.3. The van der Waals surface area contributed by atoms with E-state index in [1.165, 1.54) is 286 Å². The van der Waals surface area contributed by atoms with E-state index in [2.05, 4.69) is 167 Å². The fraction of sp³-hybridized carbons (Fsp3) is 0.929. The number of quaternary nitrogens is 7. The van der Waals surface area contributed by atoms with Crippen LogP contribution in [0.25, 0.3) is 0 Å². The quantitative estimate of drug-likeness (QED) is 0.0424. The summed E-state index contributed by atoms with van der Waals surface area (Å²) in [5.74, 6) is 7.51. The highest BCUT2D eigenvalue weighted by molar-refractivity contribution is 8.15. The zero-order chi connectivity index (χ0) is 92.7. The lowest BCUT2D eigenvalue weighted by Gasteiger charge is -2.37. The summed E-state index contributed by atoms with van der Waals surface area (Å²) in [5, 5.41) is 2.52. The highest BCUT2D eigenvalue weighted by atomic mass is 32.2. The van der Waals surface area contributed by atoms with Crippen molar-refractivity contribution in [3.05, 3.63) is 0 Å². The Balaban J connectivity index is -0.000000247. The predicted molar refractivity (Wildman–Crippen MR) is 548 cm³/mol. The molecule has 2 atom stereocenters. The van der Waals surface area contributed by atoms with Gasteiger partial charge in [0.1, 0.15) is 0 Å². The summed E-state index contributed by atoms with van der Waals surface area (Å²) < 4.78 is 8.00. The van der Waals surface area contributed by atoms with Crippen molar-refractivity contribution in [3.63, 3.8) is 0 Å². The maximum absolute atomic E-state index is 11.9. The fourth-order valence-corrected chi connectivity index (χ4v) is 21.7. The van der Waals surface area contributed by atoms with Crippen LogP contribution in [0.4, 0.5) is 0 Å². The number of thioether (sulfide) groups is 7. The van der Waals surface area contributed by atoms with Crippen LogP contribution in [-0.2, 0) is 33.6 Å². The predicted octanol–water partition coefficient (Wildman–Crippen LogP) is 25.3. The van der Waals surface area contributed by atoms with Gasteiger partial charge in [-0.1, -0.05) is 272 Å². The highest BCUT2D eigenvalue weighted by Crippen LogP contribution is 2.23. The Hall–Kier alpha value is -0.140. The topological polar surface area (TPSA) is 119 Å². The molecule has 0 aliphatic heterocycles. The van der Waals surface area contributed by atoms with Gasteiger partial charge in [-0.25, -0.2) is 0 Å². The van der Waals surface area contributed by atoms with Crippen molar-refractivity contribution in [1.82, 2.24) is 0 Å². The highest BCUT2D eigenvalue weighted by Gasteiger charge is 2.29. The Morgan fingerprint density at radius 2 is 0.378 bits per heavy atom. The molecule has 0 heterocycles. The Morgan fingerprint density at radius 1 is 0.193 bits per heavy atom. The molecule has 0 amide bonds. The number of carbonyl (C=O) groups excluding carboxylic acids is 7. The third-order valence-electron chi connectivity index (χ3n) is 23.9. The monoisotopic (exact) mass is 1820 g/mol. The van der Waals surface area contributed by atoms with Crippen molar-refractivity contribution in [2.24, 2.45) is 23.7 Å². The first-order valence-electron chi connectivity index (χ1n) is 49.3. The van der Waals surface area contributed by atoms with E-state index < -0.39 is 0 Å². The van der Waals surface area contributed by atoms with Gasteiger partial charge in [-0.15, -0.1) is 0 Å². The minimum absolute atomic E-state index is 0.167. The summed E-state index contributed by atoms with van der Waals surface area (Å²) in [6.07, 6.45) is 26.6. The maximum atomic E-state index is 11.9. The van der Waals surface area contributed by atoms with Crippen LogP contribution in [0.1, 0.15) is 348 Å². The van der Waals surface area contributed by atoms with Crippen molar-refractivity contribution in [3.8, 4) is 0 Å². The van der Waals surface area contributed by atoms with Crippen LogP contribution in [0.2, 0.25) is 0 Å². The van der Waals surface area contributed by atoms with Crippen molar-refractivity contribution >= 4 is 118 Å². The van der Waals surface area contributed by atoms with E-state index in [1.807, 2.05) is 55.4 Å². The summed E-state index contributed by atoms with van der Waals surface area (Å²) in [6.45, 7) is 92.9. The normalized spacial score (nSPS) is 12.8. The molecule has 0 aromatic heterocycles. The van der Waals surface area contributed by atoms with Crippen LogP contribution < -0.4 is 0 Å². The smallest absolute Gasteiger partial charge is 0.191 e. The van der Waals surface area contributed by atoms with Gasteiger partial charge < -0.3 is 31.4 Å². The van der Waals surface area contributed by atoms with Crippen molar-refractivity contribution in [2.75, 3.05) is 225 Å². The van der Waals surface area contributed by atoms with E-state index in [4.69, 9.17) is 0 Å². The third kappa shape index (κ3) is 75.4. The van der Waals surface area contributed by atoms with Crippen LogP contribution in [-0.4, -0.2) is 292 Å². The molecule has 714 valence electrons. The molecule has 0 rings (SSSR count). The number of nitrogens with zero attached hydrogens (tertiary/aromatic N) is 7. The van der Waals surface area contributed by atoms with E-state index in [0.29, 0.717) is 35.8 Å². The van der Waals surface area contributed by atoms with Crippen LogP contribution >= 0.6 is 82.3 Å². The molecule has 0 saturated carbocycles. The summed E-state index contributed by atoms with van der Waals surface area (Å²) in [5.41, 5.74) is 0. The molecular formula is C98H210N7O7S7+7. The second-order valence-corrected chi connectivity index (χ2v) is 43.6. The average molecular weight is 1820 g/mol. The molecule has 0 bridgehead atoms. The van der Waals surface area contributed by atoms with Gasteiger partial charge in [0.15, 0.2) is 35.8 Å². The Morgan fingerprint density at radius 3 is 0.563 bits per heavy atom. The van der Waals surface area contributed by atoms with Crippen LogP contribution in [0.3, 0.4) is 0 Å². The Bertz CT molecular complexity index is 2330. The first-order valence-corrected chi connectivity index (χ1v) is 56.2. The van der Waals surface area contributed by atoms with Gasteiger partial charge in [0.05, 0.1) is 225 Å². The molecule has 21 heteroatoms. The van der Waals surface area contributed by atoms with Gasteiger partial charge in [-0.2, -0.15) is 0 Å². The third-order valence-corrected chi connectivity index (χ3v) is 31.2. The zero-order valence-electron chi connectivity index (χ0n) is 85.5. The SMILES string of the molecule is CC(C)C(=O)SCC[N+](C)(C)C.CCCCC(=O)SCC[N+](CC)(CCC)CCCC.CCCCCCC(=O)SCC[N+](CC)(CC)CC.CCCCCCC(=O)SCC[N+](CC)(CCC)CCC.CCCC[N+](CC)(CCC)CCSC(=O)C(C)C.CCC[N+](CC)(CCC)CCSC(=O)C(C)C.CC[N+](CC)(CC)CCSC(=O)C(C)C. The molecule has 0 N–H and O–H groups in total. The number of hydrogen-bond acceptors (Lipinski definition) is 14. The van der Waals surface area contributed by atoms with Crippen molar-refractivity contribution in [2.45, 2.75) is 348 Å². The molecular weight excluding hydrogens is 1610 g/mol. The minimum atomic E-state index is 0.167. The molecule has 0 aromatic carbocycles. The summed E-state index contributed by atoms with van der Waals surface area (Å²) in [7, 11) is 6.42. The van der Waals surface area contributed by atoms with Crippen LogP contribution in [0.15, 0.2) is 0 Å². The van der Waals surface area contributed by atoms with Crippen LogP contribution in [0.5, 0.6) is 0 Å². The average Bonchev–Trinajstić information content (AvgIpc) is 0.922. The van der Waals surface area contributed by atoms with Crippen molar-refractivity contribution in [1.29, 1.82) is 0 Å². The zero-order valence-corrected chi connectivity index (χ0v) is 91.3. The first kappa shape index (κ1) is 132. The lowest BCUT2D eigenvalue weighted by Crippen LogP contribution is -2.50. The number of hydrogen-bond donors (Lipinski definition) is 0. The lowest BCUT2D eigenvalue weighted by molar-refractivity contribution is -0.924. The fourth-order valence-electron chi connectivity index (χ4n) is 14.5. The molecule has 14 nitrogen and oxygen atoms in total. The van der Waals surface area contributed by atoms with E-state index >= 15 is 0 Å². The van der Waals surface area contributed by atoms with Gasteiger partial charge >= 0.3 is 0 Å². The second kappa shape index (κ2) is 85.9. The van der Waals surface area contributed by atoms with Crippen LogP contribution in [0, 0.1) is 23.7 Å². The molecule has 0 aromatic rings. The number of carbonyl (C=O) groups is 7. The molecule has 0 radical (unpaired) electrons. The number of rotatable bonds is 66. The lowest BCUT2D eigenvalue weighted by atomic mass is 10.2. The molecule has 0 saturated heterocycles. The van der Waals surface area contributed by atoms with E-state index in [9.17, 15) is 33.6 Å². The van der Waals surface area contributed by atoms with Gasteiger partial charge in [0, 0.05) is 42.9 Å². The van der Waals surface area contributed by atoms with Gasteiger partial charge in [-0.3, -0.25) is 33.6 Å².